The van der Waals surface area contributed by atoms with E-state index in [9.17, 15) is 4.79 Å². The minimum Gasteiger partial charge on any atom is -0.447 e. The highest BCUT2D eigenvalue weighted by Crippen LogP contribution is 1.95. The maximum absolute atomic E-state index is 11.0. The van der Waals surface area contributed by atoms with Gasteiger partial charge in [0.1, 0.15) is 6.61 Å². The summed E-state index contributed by atoms with van der Waals surface area (Å²) in [4.78, 5) is 12.4. The maximum atomic E-state index is 11.0. The molecule has 0 aromatic heterocycles. The van der Waals surface area contributed by atoms with Gasteiger partial charge in [-0.15, -0.1) is 0 Å². The van der Waals surface area contributed by atoms with Crippen LogP contribution in [0.2, 0.25) is 0 Å². The van der Waals surface area contributed by atoms with Crippen molar-refractivity contribution in [2.45, 2.75) is 19.4 Å². The molecule has 1 amide bonds. The van der Waals surface area contributed by atoms with E-state index in [0.29, 0.717) is 13.0 Å². The number of nitrogens with zero attached hydrogens (tertiary/aromatic N) is 1. The Kier molecular flexibility index (Phi) is 6.26. The van der Waals surface area contributed by atoms with Gasteiger partial charge in [0, 0.05) is 13.6 Å². The lowest BCUT2D eigenvalue weighted by atomic mass is 10.3. The Labute approximate surface area is 77.9 Å². The summed E-state index contributed by atoms with van der Waals surface area (Å²) in [6, 6.07) is 0. The number of amides is 1. The third-order valence-electron chi connectivity index (χ3n) is 1.51. The van der Waals surface area contributed by atoms with E-state index in [1.54, 1.807) is 14.0 Å². The largest absolute Gasteiger partial charge is 0.447 e. The predicted octanol–water partition coefficient (Wildman–Crippen LogP) is -0.182. The molecule has 0 saturated carbocycles. The van der Waals surface area contributed by atoms with Crippen molar-refractivity contribution in [1.82, 2.24) is 4.90 Å². The van der Waals surface area contributed by atoms with E-state index in [2.05, 4.69) is 4.74 Å². The normalized spacial score (nSPS) is 12.3. The summed E-state index contributed by atoms with van der Waals surface area (Å²) >= 11 is 0. The minimum absolute atomic E-state index is 0.0118. The molecule has 0 fully saturated rings. The lowest BCUT2D eigenvalue weighted by molar-refractivity contribution is 0.0858. The van der Waals surface area contributed by atoms with Gasteiger partial charge in [0.2, 0.25) is 0 Å². The van der Waals surface area contributed by atoms with Gasteiger partial charge < -0.3 is 19.8 Å². The number of rotatable bonds is 5. The van der Waals surface area contributed by atoms with Crippen LogP contribution >= 0.6 is 0 Å². The lowest BCUT2D eigenvalue weighted by Gasteiger charge is -2.17. The van der Waals surface area contributed by atoms with Crippen molar-refractivity contribution < 1.29 is 19.7 Å². The molecule has 5 heteroatoms. The molecule has 78 valence electrons. The Morgan fingerprint density at radius 2 is 2.23 bits per heavy atom. The van der Waals surface area contributed by atoms with Gasteiger partial charge in [0.05, 0.1) is 12.7 Å². The van der Waals surface area contributed by atoms with Crippen LogP contribution in [0, 0.1) is 0 Å². The van der Waals surface area contributed by atoms with E-state index < -0.39 is 12.2 Å². The van der Waals surface area contributed by atoms with Gasteiger partial charge in [-0.05, 0) is 13.3 Å². The zero-order valence-corrected chi connectivity index (χ0v) is 8.06. The van der Waals surface area contributed by atoms with Crippen LogP contribution in [0.3, 0.4) is 0 Å². The van der Waals surface area contributed by atoms with E-state index in [1.165, 1.54) is 4.90 Å². The van der Waals surface area contributed by atoms with Crippen LogP contribution in [0.15, 0.2) is 0 Å². The van der Waals surface area contributed by atoms with Crippen molar-refractivity contribution >= 4 is 6.09 Å². The SMILES string of the molecule is CC(O)CCN(C)C(=O)OCCO. The van der Waals surface area contributed by atoms with Crippen LogP contribution in [0.4, 0.5) is 4.79 Å². The van der Waals surface area contributed by atoms with Crippen molar-refractivity contribution in [2.75, 3.05) is 26.8 Å². The van der Waals surface area contributed by atoms with Gasteiger partial charge in [0.15, 0.2) is 0 Å². The van der Waals surface area contributed by atoms with Crippen LogP contribution in [-0.4, -0.2) is 54.1 Å². The fourth-order valence-electron chi connectivity index (χ4n) is 0.715. The number of ether oxygens (including phenoxy) is 1. The highest BCUT2D eigenvalue weighted by Gasteiger charge is 2.09. The van der Waals surface area contributed by atoms with Crippen LogP contribution in [-0.2, 0) is 4.74 Å². The minimum atomic E-state index is -0.477. The molecule has 0 aliphatic carbocycles. The monoisotopic (exact) mass is 191 g/mol. The fourth-order valence-corrected chi connectivity index (χ4v) is 0.715. The van der Waals surface area contributed by atoms with Gasteiger partial charge in [-0.3, -0.25) is 0 Å². The first-order chi connectivity index (χ1) is 6.07. The van der Waals surface area contributed by atoms with Crippen LogP contribution < -0.4 is 0 Å². The van der Waals surface area contributed by atoms with Gasteiger partial charge in [-0.25, -0.2) is 4.79 Å². The summed E-state index contributed by atoms with van der Waals surface area (Å²) in [5.41, 5.74) is 0. The number of carbonyl (C=O) groups is 1. The lowest BCUT2D eigenvalue weighted by Crippen LogP contribution is -2.30. The third-order valence-corrected chi connectivity index (χ3v) is 1.51. The van der Waals surface area contributed by atoms with Crippen molar-refractivity contribution in [3.63, 3.8) is 0 Å². The molecule has 0 rings (SSSR count). The quantitative estimate of drug-likeness (QED) is 0.632. The number of aliphatic hydroxyl groups is 2. The number of carbonyl (C=O) groups excluding carboxylic acids is 1. The third kappa shape index (κ3) is 6.36. The molecule has 0 heterocycles. The van der Waals surface area contributed by atoms with Gasteiger partial charge in [-0.2, -0.15) is 0 Å². The van der Waals surface area contributed by atoms with Crippen LogP contribution in [0.25, 0.3) is 0 Å². The van der Waals surface area contributed by atoms with Gasteiger partial charge in [-0.1, -0.05) is 0 Å². The first-order valence-corrected chi connectivity index (χ1v) is 4.24. The average Bonchev–Trinajstić information content (AvgIpc) is 2.10. The maximum Gasteiger partial charge on any atom is 0.409 e. The summed E-state index contributed by atoms with van der Waals surface area (Å²) < 4.78 is 4.64. The Bertz CT molecular complexity index is 149. The molecule has 1 atom stereocenters. The Morgan fingerprint density at radius 1 is 1.62 bits per heavy atom. The Morgan fingerprint density at radius 3 is 2.69 bits per heavy atom. The van der Waals surface area contributed by atoms with Gasteiger partial charge >= 0.3 is 6.09 Å². The van der Waals surface area contributed by atoms with Gasteiger partial charge in [0.25, 0.3) is 0 Å². The molecule has 0 spiro atoms. The molecular weight excluding hydrogens is 174 g/mol. The molecule has 0 radical (unpaired) electrons. The first kappa shape index (κ1) is 12.2. The number of hydrogen-bond donors (Lipinski definition) is 2. The second-order valence-corrected chi connectivity index (χ2v) is 2.90. The van der Waals surface area contributed by atoms with E-state index in [-0.39, 0.29) is 13.2 Å². The number of aliphatic hydroxyl groups excluding tert-OH is 2. The van der Waals surface area contributed by atoms with E-state index >= 15 is 0 Å². The molecule has 13 heavy (non-hydrogen) atoms. The van der Waals surface area contributed by atoms with E-state index in [4.69, 9.17) is 10.2 Å². The smallest absolute Gasteiger partial charge is 0.409 e. The summed E-state index contributed by atoms with van der Waals surface area (Å²) in [5.74, 6) is 0. The first-order valence-electron chi connectivity index (χ1n) is 4.24. The van der Waals surface area contributed by atoms with Crippen molar-refractivity contribution in [1.29, 1.82) is 0 Å². The Hall–Kier alpha value is -0.810. The van der Waals surface area contributed by atoms with Crippen molar-refractivity contribution in [3.05, 3.63) is 0 Å². The molecule has 0 aliphatic rings. The second kappa shape index (κ2) is 6.68. The van der Waals surface area contributed by atoms with Crippen molar-refractivity contribution in [3.8, 4) is 0 Å². The Balaban J connectivity index is 3.57. The molecule has 0 aromatic carbocycles. The highest BCUT2D eigenvalue weighted by atomic mass is 16.6. The summed E-state index contributed by atoms with van der Waals surface area (Å²) in [6.07, 6.45) is -0.382. The summed E-state index contributed by atoms with van der Waals surface area (Å²) in [7, 11) is 1.59. The fraction of sp³-hybridized carbons (Fsp3) is 0.875. The highest BCUT2D eigenvalue weighted by molar-refractivity contribution is 5.67. The van der Waals surface area contributed by atoms with E-state index in [1.807, 2.05) is 0 Å². The molecule has 2 N–H and O–H groups in total. The van der Waals surface area contributed by atoms with E-state index in [0.717, 1.165) is 0 Å². The van der Waals surface area contributed by atoms with Crippen LogP contribution in [0.5, 0.6) is 0 Å². The average molecular weight is 191 g/mol. The zero-order chi connectivity index (χ0) is 10.3. The molecule has 0 saturated heterocycles. The van der Waals surface area contributed by atoms with Crippen molar-refractivity contribution in [2.24, 2.45) is 0 Å². The molecule has 0 aromatic rings. The van der Waals surface area contributed by atoms with Crippen LogP contribution in [0.1, 0.15) is 13.3 Å². The topological polar surface area (TPSA) is 70.0 Å². The second-order valence-electron chi connectivity index (χ2n) is 2.90. The summed E-state index contributed by atoms with van der Waals surface area (Å²) in [6.45, 7) is 1.95. The zero-order valence-electron chi connectivity index (χ0n) is 8.06. The number of hydrogen-bond acceptors (Lipinski definition) is 4. The standard InChI is InChI=1S/C8H17NO4/c1-7(11)3-4-9(2)8(12)13-6-5-10/h7,10-11H,3-6H2,1-2H3. The molecule has 0 aliphatic heterocycles. The molecule has 5 nitrogen and oxygen atoms in total. The molecule has 0 bridgehead atoms. The summed E-state index contributed by atoms with van der Waals surface area (Å²) in [5, 5.41) is 17.3. The molecule has 1 unspecified atom stereocenters. The predicted molar refractivity (Wildman–Crippen MR) is 47.4 cm³/mol. The molecular formula is C8H17NO4.